The molecular formula is C17H18ClN5O3. The van der Waals surface area contributed by atoms with Crippen LogP contribution in [0.15, 0.2) is 23.6 Å². The van der Waals surface area contributed by atoms with Gasteiger partial charge in [0.05, 0.1) is 30.6 Å². The largest absolute Gasteiger partial charge is 0.477 e. The van der Waals surface area contributed by atoms with Gasteiger partial charge in [0.25, 0.3) is 0 Å². The summed E-state index contributed by atoms with van der Waals surface area (Å²) in [7, 11) is 1.38. The number of nitrogens with zero attached hydrogens (tertiary/aromatic N) is 5. The molecule has 0 bridgehead atoms. The van der Waals surface area contributed by atoms with Gasteiger partial charge < -0.3 is 9.47 Å². The zero-order valence-corrected chi connectivity index (χ0v) is 15.4. The summed E-state index contributed by atoms with van der Waals surface area (Å²) >= 11 is 6.05. The Bertz CT molecular complexity index is 911. The first-order valence-electron chi connectivity index (χ1n) is 8.09. The second-order valence-corrected chi connectivity index (χ2v) is 7.10. The van der Waals surface area contributed by atoms with Crippen LogP contribution in [-0.2, 0) is 15.1 Å². The monoisotopic (exact) mass is 375 g/mol. The molecule has 0 N–H and O–H groups in total. The molecule has 1 aliphatic carbocycles. The number of fused-ring (bicyclic) bond motifs is 1. The maximum Gasteiger partial charge on any atom is 0.309 e. The number of rotatable bonds is 6. The van der Waals surface area contributed by atoms with Crippen LogP contribution >= 0.6 is 11.6 Å². The molecule has 0 aliphatic heterocycles. The maximum atomic E-state index is 11.5. The second-order valence-electron chi connectivity index (χ2n) is 6.71. The molecule has 2 aromatic rings. The van der Waals surface area contributed by atoms with Crippen molar-refractivity contribution >= 4 is 28.3 Å². The number of carbonyl (C=O) groups is 1. The van der Waals surface area contributed by atoms with Crippen LogP contribution in [0.3, 0.4) is 0 Å². The van der Waals surface area contributed by atoms with E-state index in [0.717, 1.165) is 17.4 Å². The second kappa shape index (κ2) is 6.97. The van der Waals surface area contributed by atoms with E-state index in [1.807, 2.05) is 0 Å². The number of azide groups is 1. The van der Waals surface area contributed by atoms with E-state index < -0.39 is 5.54 Å². The van der Waals surface area contributed by atoms with Gasteiger partial charge in [-0.1, -0.05) is 30.6 Å². The van der Waals surface area contributed by atoms with Crippen LogP contribution in [0.25, 0.3) is 21.2 Å². The number of hydrogen-bond acceptors (Lipinski definition) is 6. The molecule has 8 nitrogen and oxygen atoms in total. The van der Waals surface area contributed by atoms with Gasteiger partial charge in [0.2, 0.25) is 5.88 Å². The molecule has 2 atom stereocenters. The molecule has 1 aliphatic rings. The van der Waals surface area contributed by atoms with Gasteiger partial charge >= 0.3 is 5.97 Å². The predicted octanol–water partition coefficient (Wildman–Crippen LogP) is 4.02. The highest BCUT2D eigenvalue weighted by atomic mass is 35.5. The Kier molecular flexibility index (Phi) is 4.89. The predicted molar refractivity (Wildman–Crippen MR) is 95.8 cm³/mol. The summed E-state index contributed by atoms with van der Waals surface area (Å²) in [5.41, 5.74) is 8.74. The molecule has 136 valence electrons. The third-order valence-electron chi connectivity index (χ3n) is 4.52. The third-order valence-corrected chi connectivity index (χ3v) is 4.72. The van der Waals surface area contributed by atoms with Crippen molar-refractivity contribution in [2.75, 3.05) is 13.7 Å². The molecule has 0 aromatic carbocycles. The van der Waals surface area contributed by atoms with E-state index in [-0.39, 0.29) is 17.8 Å². The van der Waals surface area contributed by atoms with Gasteiger partial charge in [-0.25, -0.2) is 9.97 Å². The lowest BCUT2D eigenvalue weighted by atomic mass is 9.93. The van der Waals surface area contributed by atoms with E-state index in [9.17, 15) is 4.79 Å². The highest BCUT2D eigenvalue weighted by Crippen LogP contribution is 2.40. The van der Waals surface area contributed by atoms with E-state index in [1.54, 1.807) is 32.3 Å². The van der Waals surface area contributed by atoms with Crippen molar-refractivity contribution < 1.29 is 14.3 Å². The number of carbonyl (C=O) groups excluding carboxylic acids is 1. The minimum atomic E-state index is -0.810. The SMILES string of the molecule is COC(=O)C1CC1COc1ncc(C(C)(C)N=[N+]=[N-])c2cc(Cl)ncc12. The molecule has 26 heavy (non-hydrogen) atoms. The van der Waals surface area contributed by atoms with Gasteiger partial charge in [0.1, 0.15) is 5.15 Å². The van der Waals surface area contributed by atoms with Gasteiger partial charge in [0, 0.05) is 23.2 Å². The number of esters is 1. The van der Waals surface area contributed by atoms with Gasteiger partial charge in [-0.15, -0.1) is 0 Å². The summed E-state index contributed by atoms with van der Waals surface area (Å²) < 4.78 is 10.6. The summed E-state index contributed by atoms with van der Waals surface area (Å²) in [6.07, 6.45) is 3.95. The van der Waals surface area contributed by atoms with E-state index in [0.29, 0.717) is 23.0 Å². The van der Waals surface area contributed by atoms with Crippen molar-refractivity contribution in [1.82, 2.24) is 9.97 Å². The van der Waals surface area contributed by atoms with Crippen LogP contribution in [0.4, 0.5) is 0 Å². The Morgan fingerprint density at radius 3 is 2.88 bits per heavy atom. The smallest absolute Gasteiger partial charge is 0.309 e. The fraction of sp³-hybridized carbons (Fsp3) is 0.471. The van der Waals surface area contributed by atoms with E-state index >= 15 is 0 Å². The average Bonchev–Trinajstić information content (AvgIpc) is 3.38. The molecule has 0 saturated heterocycles. The fourth-order valence-electron chi connectivity index (χ4n) is 2.91. The van der Waals surface area contributed by atoms with Crippen molar-refractivity contribution in [2.45, 2.75) is 25.8 Å². The average molecular weight is 376 g/mol. The zero-order chi connectivity index (χ0) is 18.9. The van der Waals surface area contributed by atoms with Gasteiger partial charge in [-0.05, 0) is 29.0 Å². The first-order valence-corrected chi connectivity index (χ1v) is 8.46. The Morgan fingerprint density at radius 1 is 1.42 bits per heavy atom. The van der Waals surface area contributed by atoms with Gasteiger partial charge in [-0.3, -0.25) is 4.79 Å². The molecule has 2 unspecified atom stereocenters. The maximum absolute atomic E-state index is 11.5. The minimum Gasteiger partial charge on any atom is -0.477 e. The molecule has 9 heteroatoms. The lowest BCUT2D eigenvalue weighted by Gasteiger charge is -2.21. The Hall–Kier alpha value is -2.57. The molecular weight excluding hydrogens is 358 g/mol. The molecule has 0 amide bonds. The van der Waals surface area contributed by atoms with Crippen LogP contribution in [0.1, 0.15) is 25.8 Å². The standard InChI is InChI=1S/C17H18ClN5O3/c1-17(2,22-23-19)13-7-21-15(12-6-20-14(18)5-11(12)13)26-8-9-4-10(9)16(24)25-3/h5-7,9-10H,4,8H2,1-3H3. The van der Waals surface area contributed by atoms with Crippen LogP contribution in [0.5, 0.6) is 5.88 Å². The van der Waals surface area contributed by atoms with Crippen LogP contribution in [0.2, 0.25) is 5.15 Å². The van der Waals surface area contributed by atoms with E-state index in [2.05, 4.69) is 20.0 Å². The van der Waals surface area contributed by atoms with Crippen LogP contribution in [0, 0.1) is 11.8 Å². The van der Waals surface area contributed by atoms with Crippen LogP contribution in [-0.4, -0.2) is 29.7 Å². The van der Waals surface area contributed by atoms with Gasteiger partial charge in [0.15, 0.2) is 0 Å². The fourth-order valence-corrected chi connectivity index (χ4v) is 3.07. The highest BCUT2D eigenvalue weighted by Gasteiger charge is 2.44. The van der Waals surface area contributed by atoms with E-state index in [1.165, 1.54) is 7.11 Å². The molecule has 2 aromatic heterocycles. The zero-order valence-electron chi connectivity index (χ0n) is 14.6. The van der Waals surface area contributed by atoms with Crippen molar-refractivity contribution in [1.29, 1.82) is 0 Å². The summed E-state index contributed by atoms with van der Waals surface area (Å²) in [4.78, 5) is 22.9. The quantitative estimate of drug-likeness (QED) is 0.249. The highest BCUT2D eigenvalue weighted by molar-refractivity contribution is 6.30. The summed E-state index contributed by atoms with van der Waals surface area (Å²) in [6, 6.07) is 1.70. The normalized spacial score (nSPS) is 18.9. The molecule has 2 heterocycles. The van der Waals surface area contributed by atoms with Crippen molar-refractivity contribution in [3.05, 3.63) is 39.6 Å². The number of hydrogen-bond donors (Lipinski definition) is 0. The topological polar surface area (TPSA) is 110 Å². The van der Waals surface area contributed by atoms with E-state index in [4.69, 9.17) is 26.6 Å². The lowest BCUT2D eigenvalue weighted by Crippen LogP contribution is -2.15. The molecule has 1 fully saturated rings. The number of methoxy groups -OCH3 is 1. The molecule has 1 saturated carbocycles. The van der Waals surface area contributed by atoms with Crippen molar-refractivity contribution in [3.63, 3.8) is 0 Å². The first-order chi connectivity index (χ1) is 12.4. The minimum absolute atomic E-state index is 0.109. The first kappa shape index (κ1) is 18.2. The van der Waals surface area contributed by atoms with Crippen molar-refractivity contribution in [3.8, 4) is 5.88 Å². The number of ether oxygens (including phenoxy) is 2. The summed E-state index contributed by atoms with van der Waals surface area (Å²) in [5, 5.41) is 5.59. The lowest BCUT2D eigenvalue weighted by molar-refractivity contribution is -0.142. The Morgan fingerprint density at radius 2 is 2.19 bits per heavy atom. The summed E-state index contributed by atoms with van der Waals surface area (Å²) in [5.74, 6) is 0.206. The Balaban J connectivity index is 1.91. The number of aromatic nitrogens is 2. The molecule has 3 rings (SSSR count). The number of halogens is 1. The summed E-state index contributed by atoms with van der Waals surface area (Å²) in [6.45, 7) is 3.95. The van der Waals surface area contributed by atoms with Crippen molar-refractivity contribution in [2.24, 2.45) is 17.0 Å². The molecule has 0 radical (unpaired) electrons. The van der Waals surface area contributed by atoms with Gasteiger partial charge in [-0.2, -0.15) is 0 Å². The molecule has 0 spiro atoms. The number of pyridine rings is 2. The van der Waals surface area contributed by atoms with Crippen LogP contribution < -0.4 is 4.74 Å². The Labute approximate surface area is 155 Å². The third kappa shape index (κ3) is 3.52.